The van der Waals surface area contributed by atoms with Crippen LogP contribution >= 0.6 is 0 Å². The Kier molecular flexibility index (Phi) is 6.82. The van der Waals surface area contributed by atoms with Crippen molar-refractivity contribution < 1.29 is 30.0 Å². The molecule has 1 saturated carbocycles. The molecule has 0 amide bonds. The summed E-state index contributed by atoms with van der Waals surface area (Å²) in [5.41, 5.74) is 1.56. The summed E-state index contributed by atoms with van der Waals surface area (Å²) in [6, 6.07) is 0. The number of aliphatic hydroxyl groups excluding tert-OH is 2. The van der Waals surface area contributed by atoms with Gasteiger partial charge in [0.2, 0.25) is 0 Å². The molecule has 0 spiro atoms. The van der Waals surface area contributed by atoms with Crippen LogP contribution in [0.15, 0.2) is 34.9 Å². The van der Waals surface area contributed by atoms with Gasteiger partial charge < -0.3 is 20.4 Å². The first-order valence-corrected chi connectivity index (χ1v) is 11.4. The molecular formula is C25H36O6. The minimum Gasteiger partial charge on any atom is -0.478 e. The van der Waals surface area contributed by atoms with Crippen molar-refractivity contribution in [3.63, 3.8) is 0 Å². The molecule has 6 heteroatoms. The number of aliphatic hydroxyl groups is 2. The van der Waals surface area contributed by atoms with Crippen molar-refractivity contribution in [1.82, 2.24) is 0 Å². The highest BCUT2D eigenvalue weighted by Gasteiger charge is 2.49. The van der Waals surface area contributed by atoms with Gasteiger partial charge in [0.15, 0.2) is 0 Å². The maximum atomic E-state index is 12.0. The SMILES string of the molecule is C/C(=C\[C@H](O)[C@H](O)[C@H](C)C1=CC[C@@]2(C)C[C@@H]3[C@H](C)CC[C@@H]3/C(C(=O)O)=C\C[C@H]12)C(=O)O. The van der Waals surface area contributed by atoms with Gasteiger partial charge in [-0.1, -0.05) is 38.5 Å². The van der Waals surface area contributed by atoms with E-state index in [1.54, 1.807) is 0 Å². The van der Waals surface area contributed by atoms with Crippen LogP contribution in [0.3, 0.4) is 0 Å². The first-order valence-electron chi connectivity index (χ1n) is 11.4. The zero-order valence-corrected chi connectivity index (χ0v) is 18.9. The molecule has 0 unspecified atom stereocenters. The third-order valence-corrected chi connectivity index (χ3v) is 8.30. The molecule has 0 aromatic heterocycles. The van der Waals surface area contributed by atoms with E-state index in [-0.39, 0.29) is 28.7 Å². The summed E-state index contributed by atoms with van der Waals surface area (Å²) < 4.78 is 0. The van der Waals surface area contributed by atoms with Gasteiger partial charge in [-0.25, -0.2) is 9.59 Å². The number of rotatable bonds is 6. The lowest BCUT2D eigenvalue weighted by Crippen LogP contribution is -2.37. The first-order chi connectivity index (χ1) is 14.5. The van der Waals surface area contributed by atoms with Gasteiger partial charge in [-0.15, -0.1) is 0 Å². The van der Waals surface area contributed by atoms with E-state index in [1.807, 2.05) is 13.0 Å². The van der Waals surface area contributed by atoms with Gasteiger partial charge in [-0.3, -0.25) is 0 Å². The number of allylic oxidation sites excluding steroid dienone is 2. The van der Waals surface area contributed by atoms with Crippen molar-refractivity contribution in [2.75, 3.05) is 0 Å². The molecule has 0 aliphatic heterocycles. The second kappa shape index (κ2) is 8.91. The molecule has 0 aromatic carbocycles. The highest BCUT2D eigenvalue weighted by atomic mass is 16.4. The lowest BCUT2D eigenvalue weighted by Gasteiger charge is -2.41. The van der Waals surface area contributed by atoms with E-state index >= 15 is 0 Å². The van der Waals surface area contributed by atoms with Crippen molar-refractivity contribution in [3.8, 4) is 0 Å². The predicted molar refractivity (Wildman–Crippen MR) is 117 cm³/mol. The molecule has 3 aliphatic carbocycles. The van der Waals surface area contributed by atoms with E-state index in [9.17, 15) is 24.9 Å². The summed E-state index contributed by atoms with van der Waals surface area (Å²) in [7, 11) is 0. The zero-order chi connectivity index (χ0) is 23.1. The van der Waals surface area contributed by atoms with E-state index in [0.29, 0.717) is 23.8 Å². The Bertz CT molecular complexity index is 824. The minimum atomic E-state index is -1.28. The Morgan fingerprint density at radius 3 is 2.48 bits per heavy atom. The highest BCUT2D eigenvalue weighted by Crippen LogP contribution is 2.57. The van der Waals surface area contributed by atoms with E-state index < -0.39 is 24.1 Å². The number of aliphatic carboxylic acids is 2. The molecule has 6 nitrogen and oxygen atoms in total. The number of hydrogen-bond donors (Lipinski definition) is 4. The number of carbonyl (C=O) groups is 2. The molecule has 8 atom stereocenters. The van der Waals surface area contributed by atoms with Crippen molar-refractivity contribution >= 4 is 11.9 Å². The van der Waals surface area contributed by atoms with E-state index in [1.165, 1.54) is 13.0 Å². The van der Waals surface area contributed by atoms with Crippen molar-refractivity contribution in [3.05, 3.63) is 34.9 Å². The predicted octanol–water partition coefficient (Wildman–Crippen LogP) is 3.79. The molecule has 4 N–H and O–H groups in total. The summed E-state index contributed by atoms with van der Waals surface area (Å²) >= 11 is 0. The smallest absolute Gasteiger partial charge is 0.331 e. The lowest BCUT2D eigenvalue weighted by atomic mass is 9.63. The normalized spacial score (nSPS) is 37.9. The number of fused-ring (bicyclic) bond motifs is 2. The summed E-state index contributed by atoms with van der Waals surface area (Å²) in [4.78, 5) is 23.1. The third kappa shape index (κ3) is 4.51. The monoisotopic (exact) mass is 432 g/mol. The Balaban J connectivity index is 1.88. The Hall–Kier alpha value is -1.92. The van der Waals surface area contributed by atoms with Gasteiger partial charge in [0.1, 0.15) is 0 Å². The van der Waals surface area contributed by atoms with Crippen LogP contribution in [0.5, 0.6) is 0 Å². The highest BCUT2D eigenvalue weighted by molar-refractivity contribution is 5.87. The summed E-state index contributed by atoms with van der Waals surface area (Å²) in [6.07, 6.45) is 7.26. The van der Waals surface area contributed by atoms with Gasteiger partial charge in [0.05, 0.1) is 12.2 Å². The number of hydrogen-bond acceptors (Lipinski definition) is 4. The fraction of sp³-hybridized carbons (Fsp3) is 0.680. The number of carboxylic acid groups (broad SMARTS) is 2. The zero-order valence-electron chi connectivity index (χ0n) is 18.9. The standard InChI is InChI=1S/C25H36O6/c1-13-5-6-17-18(24(30)31)7-8-20-16(9-10-25(20,4)12-19(13)17)15(3)22(27)21(26)11-14(2)23(28)29/h7,9,11,13,15,17,19-22,26-27H,5-6,8,10,12H2,1-4H3,(H,28,29)(H,30,31)/b14-11+,18-7+/t13-,15-,17-,19-,20-,21+,22-,25+/m1/s1. The quantitative estimate of drug-likeness (QED) is 0.375. The lowest BCUT2D eigenvalue weighted by molar-refractivity contribution is -0.134. The topological polar surface area (TPSA) is 115 Å². The molecule has 0 aromatic rings. The molecular weight excluding hydrogens is 396 g/mol. The summed E-state index contributed by atoms with van der Waals surface area (Å²) in [5.74, 6) is -1.28. The first kappa shape index (κ1) is 23.7. The molecule has 0 saturated heterocycles. The molecule has 0 heterocycles. The molecule has 0 bridgehead atoms. The van der Waals surface area contributed by atoms with Crippen LogP contribution in [-0.4, -0.2) is 44.6 Å². The van der Waals surface area contributed by atoms with Gasteiger partial charge in [0.25, 0.3) is 0 Å². The van der Waals surface area contributed by atoms with Crippen LogP contribution in [0, 0.1) is 35.0 Å². The van der Waals surface area contributed by atoms with Crippen molar-refractivity contribution in [2.45, 2.75) is 72.0 Å². The summed E-state index contributed by atoms with van der Waals surface area (Å²) in [6.45, 7) is 7.75. The second-order valence-corrected chi connectivity index (χ2v) is 10.3. The summed E-state index contributed by atoms with van der Waals surface area (Å²) in [5, 5.41) is 40.1. The van der Waals surface area contributed by atoms with Crippen molar-refractivity contribution in [2.24, 2.45) is 35.0 Å². The van der Waals surface area contributed by atoms with E-state index in [4.69, 9.17) is 5.11 Å². The van der Waals surface area contributed by atoms with Gasteiger partial charge in [-0.05, 0) is 74.2 Å². The molecule has 3 aliphatic rings. The Labute approximate surface area is 184 Å². The minimum absolute atomic E-state index is 0.00904. The average Bonchev–Trinajstić information content (AvgIpc) is 3.19. The van der Waals surface area contributed by atoms with E-state index in [2.05, 4.69) is 19.9 Å². The van der Waals surface area contributed by atoms with Crippen LogP contribution in [-0.2, 0) is 9.59 Å². The van der Waals surface area contributed by atoms with Crippen LogP contribution in [0.4, 0.5) is 0 Å². The second-order valence-electron chi connectivity index (χ2n) is 10.3. The number of carboxylic acids is 2. The molecule has 31 heavy (non-hydrogen) atoms. The fourth-order valence-corrected chi connectivity index (χ4v) is 6.28. The Morgan fingerprint density at radius 1 is 1.19 bits per heavy atom. The largest absolute Gasteiger partial charge is 0.478 e. The average molecular weight is 433 g/mol. The third-order valence-electron chi connectivity index (χ3n) is 8.30. The van der Waals surface area contributed by atoms with Crippen LogP contribution < -0.4 is 0 Å². The molecule has 1 fully saturated rings. The van der Waals surface area contributed by atoms with Crippen molar-refractivity contribution in [1.29, 1.82) is 0 Å². The Morgan fingerprint density at radius 2 is 1.87 bits per heavy atom. The molecule has 172 valence electrons. The van der Waals surface area contributed by atoms with E-state index in [0.717, 1.165) is 31.3 Å². The van der Waals surface area contributed by atoms with Crippen LogP contribution in [0.2, 0.25) is 0 Å². The van der Waals surface area contributed by atoms with Gasteiger partial charge in [-0.2, -0.15) is 0 Å². The molecule has 0 radical (unpaired) electrons. The molecule has 3 rings (SSSR count). The van der Waals surface area contributed by atoms with Crippen LogP contribution in [0.25, 0.3) is 0 Å². The van der Waals surface area contributed by atoms with Crippen LogP contribution in [0.1, 0.15) is 59.8 Å². The maximum absolute atomic E-state index is 12.0. The van der Waals surface area contributed by atoms with Gasteiger partial charge in [0, 0.05) is 17.1 Å². The maximum Gasteiger partial charge on any atom is 0.331 e. The fourth-order valence-electron chi connectivity index (χ4n) is 6.28. The van der Waals surface area contributed by atoms with Gasteiger partial charge >= 0.3 is 11.9 Å².